The molecule has 3 rings (SSSR count). The van der Waals surface area contributed by atoms with E-state index >= 15 is 0 Å². The first kappa shape index (κ1) is 19.9. The molecule has 1 aliphatic heterocycles. The Morgan fingerprint density at radius 1 is 1.00 bits per heavy atom. The number of benzene rings is 2. The van der Waals surface area contributed by atoms with Gasteiger partial charge in [-0.05, 0) is 24.3 Å². The molecule has 0 saturated heterocycles. The SMILES string of the molecule is COc1cc(/C=N/NC(=O)CN2C(=O)c3ccccc3C2=O)cc(OC)c1OC. The lowest BCUT2D eigenvalue weighted by molar-refractivity contribution is -0.121. The first-order valence-electron chi connectivity index (χ1n) is 8.57. The van der Waals surface area contributed by atoms with Gasteiger partial charge in [-0.2, -0.15) is 5.10 Å². The van der Waals surface area contributed by atoms with Gasteiger partial charge in [0.15, 0.2) is 11.5 Å². The van der Waals surface area contributed by atoms with Crippen LogP contribution < -0.4 is 19.6 Å². The molecule has 1 aliphatic rings. The second-order valence-electron chi connectivity index (χ2n) is 5.99. The van der Waals surface area contributed by atoms with Crippen molar-refractivity contribution in [1.29, 1.82) is 0 Å². The normalized spacial score (nSPS) is 12.9. The Kier molecular flexibility index (Phi) is 5.77. The quantitative estimate of drug-likeness (QED) is 0.431. The van der Waals surface area contributed by atoms with Gasteiger partial charge in [-0.3, -0.25) is 19.3 Å². The third kappa shape index (κ3) is 3.88. The van der Waals surface area contributed by atoms with Crippen molar-refractivity contribution in [3.05, 3.63) is 53.1 Å². The van der Waals surface area contributed by atoms with Crippen molar-refractivity contribution in [1.82, 2.24) is 10.3 Å². The number of hydrazone groups is 1. The van der Waals surface area contributed by atoms with Crippen molar-refractivity contribution in [3.63, 3.8) is 0 Å². The standard InChI is InChI=1S/C20H19N3O6/c1-27-15-8-12(9-16(28-2)18(15)29-3)10-21-22-17(24)11-23-19(25)13-6-4-5-7-14(13)20(23)26/h4-10H,11H2,1-3H3,(H,22,24)/b21-10+. The first-order valence-corrected chi connectivity index (χ1v) is 8.57. The number of nitrogens with one attached hydrogen (secondary N) is 1. The van der Waals surface area contributed by atoms with E-state index in [1.165, 1.54) is 27.5 Å². The minimum atomic E-state index is -0.608. The molecule has 0 unspecified atom stereocenters. The molecule has 0 aromatic heterocycles. The van der Waals surface area contributed by atoms with Gasteiger partial charge < -0.3 is 14.2 Å². The van der Waals surface area contributed by atoms with Crippen molar-refractivity contribution in [3.8, 4) is 17.2 Å². The lowest BCUT2D eigenvalue weighted by Crippen LogP contribution is -2.38. The molecule has 29 heavy (non-hydrogen) atoms. The van der Waals surface area contributed by atoms with E-state index in [0.717, 1.165) is 4.90 Å². The number of methoxy groups -OCH3 is 3. The molecule has 2 aromatic carbocycles. The smallest absolute Gasteiger partial charge is 0.262 e. The first-order chi connectivity index (χ1) is 14.0. The fraction of sp³-hybridized carbons (Fsp3) is 0.200. The highest BCUT2D eigenvalue weighted by Crippen LogP contribution is 2.37. The second-order valence-corrected chi connectivity index (χ2v) is 5.99. The van der Waals surface area contributed by atoms with Crippen molar-refractivity contribution in [2.24, 2.45) is 5.10 Å². The van der Waals surface area contributed by atoms with Crippen LogP contribution in [-0.2, 0) is 4.79 Å². The van der Waals surface area contributed by atoms with E-state index in [-0.39, 0.29) is 11.1 Å². The number of fused-ring (bicyclic) bond motifs is 1. The highest BCUT2D eigenvalue weighted by atomic mass is 16.5. The average molecular weight is 397 g/mol. The van der Waals surface area contributed by atoms with Gasteiger partial charge in [0.2, 0.25) is 5.75 Å². The molecule has 0 bridgehead atoms. The van der Waals surface area contributed by atoms with Crippen molar-refractivity contribution in [2.45, 2.75) is 0 Å². The highest BCUT2D eigenvalue weighted by molar-refractivity contribution is 6.22. The van der Waals surface area contributed by atoms with E-state index in [1.54, 1.807) is 36.4 Å². The number of imide groups is 1. The zero-order valence-corrected chi connectivity index (χ0v) is 16.1. The zero-order chi connectivity index (χ0) is 21.0. The molecule has 1 N–H and O–H groups in total. The summed E-state index contributed by atoms with van der Waals surface area (Å²) in [6.45, 7) is -0.432. The molecule has 9 heteroatoms. The summed E-state index contributed by atoms with van der Waals surface area (Å²) >= 11 is 0. The lowest BCUT2D eigenvalue weighted by Gasteiger charge is -2.13. The van der Waals surface area contributed by atoms with Crippen LogP contribution >= 0.6 is 0 Å². The van der Waals surface area contributed by atoms with Gasteiger partial charge in [-0.1, -0.05) is 12.1 Å². The van der Waals surface area contributed by atoms with E-state index < -0.39 is 24.3 Å². The van der Waals surface area contributed by atoms with E-state index in [0.29, 0.717) is 22.8 Å². The number of hydrogen-bond donors (Lipinski definition) is 1. The Morgan fingerprint density at radius 3 is 2.03 bits per heavy atom. The van der Waals surface area contributed by atoms with Crippen molar-refractivity contribution in [2.75, 3.05) is 27.9 Å². The van der Waals surface area contributed by atoms with Crippen molar-refractivity contribution >= 4 is 23.9 Å². The lowest BCUT2D eigenvalue weighted by atomic mass is 10.1. The predicted molar refractivity (Wildman–Crippen MR) is 104 cm³/mol. The molecule has 0 fully saturated rings. The molecule has 0 spiro atoms. The van der Waals surface area contributed by atoms with E-state index in [4.69, 9.17) is 14.2 Å². The van der Waals surface area contributed by atoms with Crippen LogP contribution in [0.2, 0.25) is 0 Å². The van der Waals surface area contributed by atoms with Crippen molar-refractivity contribution < 1.29 is 28.6 Å². The summed E-state index contributed by atoms with van der Waals surface area (Å²) in [5, 5.41) is 3.86. The summed E-state index contributed by atoms with van der Waals surface area (Å²) in [6, 6.07) is 9.74. The fourth-order valence-corrected chi connectivity index (χ4v) is 2.92. The maximum absolute atomic E-state index is 12.3. The largest absolute Gasteiger partial charge is 0.493 e. The third-order valence-corrected chi connectivity index (χ3v) is 4.27. The highest BCUT2D eigenvalue weighted by Gasteiger charge is 2.36. The van der Waals surface area contributed by atoms with Crippen LogP contribution in [0.1, 0.15) is 26.3 Å². The third-order valence-electron chi connectivity index (χ3n) is 4.27. The van der Waals surface area contributed by atoms with Gasteiger partial charge >= 0.3 is 0 Å². The van der Waals surface area contributed by atoms with E-state index in [9.17, 15) is 14.4 Å². The summed E-state index contributed by atoms with van der Waals surface area (Å²) in [5.41, 5.74) is 3.45. The maximum Gasteiger partial charge on any atom is 0.262 e. The van der Waals surface area contributed by atoms with Crippen LogP contribution in [0.25, 0.3) is 0 Å². The number of carbonyl (C=O) groups is 3. The Balaban J connectivity index is 1.67. The van der Waals surface area contributed by atoms with Gasteiger partial charge in [0.05, 0.1) is 38.7 Å². The molecule has 2 aromatic rings. The Labute approximate surface area is 166 Å². The Bertz CT molecular complexity index is 941. The number of ether oxygens (including phenoxy) is 3. The summed E-state index contributed by atoms with van der Waals surface area (Å²) in [4.78, 5) is 37.6. The van der Waals surface area contributed by atoms with Crippen LogP contribution in [0.4, 0.5) is 0 Å². The fourth-order valence-electron chi connectivity index (χ4n) is 2.92. The van der Waals surface area contributed by atoms with Crippen LogP contribution in [0, 0.1) is 0 Å². The van der Waals surface area contributed by atoms with Gasteiger partial charge in [0, 0.05) is 5.56 Å². The molecule has 150 valence electrons. The number of amides is 3. The van der Waals surface area contributed by atoms with Crippen LogP contribution in [0.15, 0.2) is 41.5 Å². The summed E-state index contributed by atoms with van der Waals surface area (Å²) in [5.74, 6) is -0.315. The molecule has 3 amide bonds. The molecule has 0 saturated carbocycles. The van der Waals surface area contributed by atoms with Gasteiger partial charge in [0.25, 0.3) is 17.7 Å². The van der Waals surface area contributed by atoms with E-state index in [2.05, 4.69) is 10.5 Å². The Hall–Kier alpha value is -3.88. The van der Waals surface area contributed by atoms with Gasteiger partial charge in [-0.15, -0.1) is 0 Å². The minimum Gasteiger partial charge on any atom is -0.493 e. The van der Waals surface area contributed by atoms with Gasteiger partial charge in [-0.25, -0.2) is 5.43 Å². The number of carbonyl (C=O) groups excluding carboxylic acids is 3. The van der Waals surface area contributed by atoms with Crippen LogP contribution in [-0.4, -0.2) is 56.7 Å². The second kappa shape index (κ2) is 8.42. The molecular weight excluding hydrogens is 378 g/mol. The number of nitrogens with zero attached hydrogens (tertiary/aromatic N) is 2. The minimum absolute atomic E-state index is 0.284. The molecule has 0 radical (unpaired) electrons. The summed E-state index contributed by atoms with van der Waals surface area (Å²) in [7, 11) is 4.47. The predicted octanol–water partition coefficient (Wildman–Crippen LogP) is 1.46. The summed E-state index contributed by atoms with van der Waals surface area (Å²) in [6.07, 6.45) is 1.38. The van der Waals surface area contributed by atoms with Crippen LogP contribution in [0.5, 0.6) is 17.2 Å². The molecule has 0 atom stereocenters. The molecule has 1 heterocycles. The molecule has 0 aliphatic carbocycles. The zero-order valence-electron chi connectivity index (χ0n) is 16.1. The van der Waals surface area contributed by atoms with Crippen LogP contribution in [0.3, 0.4) is 0 Å². The maximum atomic E-state index is 12.3. The monoisotopic (exact) mass is 397 g/mol. The number of hydrogen-bond acceptors (Lipinski definition) is 7. The Morgan fingerprint density at radius 2 is 1.55 bits per heavy atom. The molecule has 9 nitrogen and oxygen atoms in total. The average Bonchev–Trinajstić information content (AvgIpc) is 2.98. The molecular formula is C20H19N3O6. The topological polar surface area (TPSA) is 107 Å². The van der Waals surface area contributed by atoms with Gasteiger partial charge in [0.1, 0.15) is 6.54 Å². The van der Waals surface area contributed by atoms with E-state index in [1.807, 2.05) is 0 Å². The number of rotatable bonds is 7. The summed E-state index contributed by atoms with van der Waals surface area (Å²) < 4.78 is 15.8.